The van der Waals surface area contributed by atoms with Crippen LogP contribution in [-0.2, 0) is 16.0 Å². The molecule has 2 aromatic carbocycles. The van der Waals surface area contributed by atoms with Crippen molar-refractivity contribution in [2.24, 2.45) is 0 Å². The molecule has 0 aliphatic heterocycles. The molecule has 0 bridgehead atoms. The Morgan fingerprint density at radius 2 is 1.90 bits per heavy atom. The monoisotopic (exact) mass is 428 g/mol. The van der Waals surface area contributed by atoms with Crippen LogP contribution < -0.4 is 10.6 Å². The van der Waals surface area contributed by atoms with Crippen LogP contribution in [0.15, 0.2) is 48.5 Å². The molecule has 0 spiro atoms. The Labute approximate surface area is 177 Å². The lowest BCUT2D eigenvalue weighted by Gasteiger charge is -2.21. The molecule has 10 heteroatoms. The first-order valence-electron chi connectivity index (χ1n) is 9.34. The first-order chi connectivity index (χ1) is 14.5. The van der Waals surface area contributed by atoms with Crippen molar-refractivity contribution in [1.82, 2.24) is 25.9 Å². The number of nitrogens with zero attached hydrogens (tertiary/aromatic N) is 3. The number of anilines is 1. The molecule has 4 N–H and O–H groups in total. The molecule has 3 aromatic rings. The second-order valence-electron chi connectivity index (χ2n) is 6.65. The summed E-state index contributed by atoms with van der Waals surface area (Å²) < 4.78 is 0. The molecule has 30 heavy (non-hydrogen) atoms. The molecule has 0 saturated carbocycles. The standard InChI is InChI=1S/C20H21ClN6O3/c1-2-16(19(29)30)22-17(18(28)23-20-24-26-27-25-20)10-12-6-8-13(9-7-12)14-4-3-5-15(21)11-14/h3-9,11,16-17,22H,2,10H2,1H3,(H,29,30)(H2,23,24,25,26,27,28). The largest absolute Gasteiger partial charge is 0.480 e. The molecule has 1 aromatic heterocycles. The molecular formula is C20H21ClN6O3. The predicted molar refractivity (Wildman–Crippen MR) is 112 cm³/mol. The van der Waals surface area contributed by atoms with Crippen molar-refractivity contribution in [3.05, 3.63) is 59.1 Å². The summed E-state index contributed by atoms with van der Waals surface area (Å²) in [6, 6.07) is 13.5. The first-order valence-corrected chi connectivity index (χ1v) is 9.72. The van der Waals surface area contributed by atoms with Gasteiger partial charge in [-0.25, -0.2) is 0 Å². The maximum atomic E-state index is 12.7. The molecule has 156 valence electrons. The number of tetrazole rings is 1. The second kappa shape index (κ2) is 9.95. The zero-order chi connectivity index (χ0) is 21.5. The Hall–Kier alpha value is -3.30. The Bertz CT molecular complexity index is 994. The summed E-state index contributed by atoms with van der Waals surface area (Å²) in [7, 11) is 0. The number of rotatable bonds is 9. The van der Waals surface area contributed by atoms with E-state index in [1.165, 1.54) is 0 Å². The van der Waals surface area contributed by atoms with Crippen LogP contribution in [0.1, 0.15) is 18.9 Å². The fourth-order valence-electron chi connectivity index (χ4n) is 2.98. The lowest BCUT2D eigenvalue weighted by Crippen LogP contribution is -2.50. The van der Waals surface area contributed by atoms with Gasteiger partial charge in [0.05, 0.1) is 6.04 Å². The third kappa shape index (κ3) is 5.62. The zero-order valence-corrected chi connectivity index (χ0v) is 16.9. The average molecular weight is 429 g/mol. The number of halogens is 1. The highest BCUT2D eigenvalue weighted by molar-refractivity contribution is 6.30. The maximum Gasteiger partial charge on any atom is 0.320 e. The number of benzene rings is 2. The molecule has 9 nitrogen and oxygen atoms in total. The van der Waals surface area contributed by atoms with E-state index >= 15 is 0 Å². The van der Waals surface area contributed by atoms with Crippen LogP contribution in [0.4, 0.5) is 5.95 Å². The van der Waals surface area contributed by atoms with Crippen LogP contribution in [0.3, 0.4) is 0 Å². The SMILES string of the molecule is CCC(NC(Cc1ccc(-c2cccc(Cl)c2)cc1)C(=O)Nc1nn[nH]n1)C(=O)O. The highest BCUT2D eigenvalue weighted by Gasteiger charge is 2.26. The van der Waals surface area contributed by atoms with E-state index in [9.17, 15) is 14.7 Å². The summed E-state index contributed by atoms with van der Waals surface area (Å²) in [6.07, 6.45) is 0.609. The lowest BCUT2D eigenvalue weighted by atomic mass is 9.99. The predicted octanol–water partition coefficient (Wildman–Crippen LogP) is 2.52. The third-order valence-corrected chi connectivity index (χ3v) is 4.79. The molecule has 2 unspecified atom stereocenters. The smallest absolute Gasteiger partial charge is 0.320 e. The number of carboxylic acids is 1. The Morgan fingerprint density at radius 1 is 1.13 bits per heavy atom. The van der Waals surface area contributed by atoms with E-state index in [0.717, 1.165) is 16.7 Å². The number of nitrogens with one attached hydrogen (secondary N) is 3. The van der Waals surface area contributed by atoms with E-state index in [-0.39, 0.29) is 12.4 Å². The van der Waals surface area contributed by atoms with Crippen molar-refractivity contribution in [3.8, 4) is 11.1 Å². The zero-order valence-electron chi connectivity index (χ0n) is 16.2. The van der Waals surface area contributed by atoms with Gasteiger partial charge in [-0.05, 0) is 46.9 Å². The summed E-state index contributed by atoms with van der Waals surface area (Å²) in [5, 5.41) is 28.5. The van der Waals surface area contributed by atoms with Gasteiger partial charge in [-0.1, -0.05) is 60.0 Å². The number of hydrogen-bond donors (Lipinski definition) is 4. The summed E-state index contributed by atoms with van der Waals surface area (Å²) in [6.45, 7) is 1.74. The molecule has 3 rings (SSSR count). The average Bonchev–Trinajstić information content (AvgIpc) is 3.24. The molecule has 0 aliphatic carbocycles. The fraction of sp³-hybridized carbons (Fsp3) is 0.250. The minimum atomic E-state index is -1.02. The number of aliphatic carboxylic acids is 1. The number of carboxylic acid groups (broad SMARTS) is 1. The molecule has 0 saturated heterocycles. The lowest BCUT2D eigenvalue weighted by molar-refractivity contribution is -0.139. The van der Waals surface area contributed by atoms with Gasteiger partial charge in [0.15, 0.2) is 0 Å². The molecule has 1 heterocycles. The number of aromatic amines is 1. The molecule has 0 fully saturated rings. The van der Waals surface area contributed by atoms with E-state index in [1.54, 1.807) is 6.92 Å². The highest BCUT2D eigenvalue weighted by Crippen LogP contribution is 2.23. The van der Waals surface area contributed by atoms with Crippen LogP contribution >= 0.6 is 11.6 Å². The van der Waals surface area contributed by atoms with E-state index in [4.69, 9.17) is 11.6 Å². The number of aromatic nitrogens is 4. The van der Waals surface area contributed by atoms with Crippen molar-refractivity contribution in [2.75, 3.05) is 5.32 Å². The number of H-pyrrole nitrogens is 1. The Kier molecular flexibility index (Phi) is 7.10. The van der Waals surface area contributed by atoms with Gasteiger partial charge in [0.25, 0.3) is 5.95 Å². The van der Waals surface area contributed by atoms with Gasteiger partial charge in [0.1, 0.15) is 6.04 Å². The summed E-state index contributed by atoms with van der Waals surface area (Å²) in [4.78, 5) is 24.2. The third-order valence-electron chi connectivity index (χ3n) is 4.56. The van der Waals surface area contributed by atoms with Gasteiger partial charge in [-0.2, -0.15) is 5.21 Å². The Morgan fingerprint density at radius 3 is 2.50 bits per heavy atom. The van der Waals surface area contributed by atoms with E-state index in [1.807, 2.05) is 48.5 Å². The van der Waals surface area contributed by atoms with Gasteiger partial charge in [0.2, 0.25) is 5.91 Å². The van der Waals surface area contributed by atoms with E-state index < -0.39 is 24.0 Å². The fourth-order valence-corrected chi connectivity index (χ4v) is 3.17. The summed E-state index contributed by atoms with van der Waals surface area (Å²) >= 11 is 6.06. The minimum Gasteiger partial charge on any atom is -0.480 e. The minimum absolute atomic E-state index is 0.0199. The van der Waals surface area contributed by atoms with Crippen LogP contribution in [0.2, 0.25) is 5.02 Å². The quantitative estimate of drug-likeness (QED) is 0.411. The highest BCUT2D eigenvalue weighted by atomic mass is 35.5. The normalized spacial score (nSPS) is 12.9. The Balaban J connectivity index is 1.77. The molecule has 1 amide bonds. The van der Waals surface area contributed by atoms with Crippen LogP contribution in [-0.4, -0.2) is 49.7 Å². The van der Waals surface area contributed by atoms with Crippen molar-refractivity contribution in [1.29, 1.82) is 0 Å². The van der Waals surface area contributed by atoms with E-state index in [2.05, 4.69) is 31.3 Å². The van der Waals surface area contributed by atoms with E-state index in [0.29, 0.717) is 11.4 Å². The molecule has 2 atom stereocenters. The van der Waals surface area contributed by atoms with Crippen molar-refractivity contribution < 1.29 is 14.7 Å². The summed E-state index contributed by atoms with van der Waals surface area (Å²) in [5.41, 5.74) is 2.83. The number of amides is 1. The van der Waals surface area contributed by atoms with Crippen molar-refractivity contribution in [3.63, 3.8) is 0 Å². The number of carbonyl (C=O) groups is 2. The summed E-state index contributed by atoms with van der Waals surface area (Å²) in [5.74, 6) is -1.45. The van der Waals surface area contributed by atoms with Gasteiger partial charge < -0.3 is 5.11 Å². The first kappa shape index (κ1) is 21.4. The molecular weight excluding hydrogens is 408 g/mol. The number of carbonyl (C=O) groups excluding carboxylic acids is 1. The van der Waals surface area contributed by atoms with Gasteiger partial charge >= 0.3 is 5.97 Å². The van der Waals surface area contributed by atoms with Gasteiger partial charge in [-0.3, -0.25) is 20.2 Å². The number of hydrogen-bond acceptors (Lipinski definition) is 6. The maximum absolute atomic E-state index is 12.7. The second-order valence-corrected chi connectivity index (χ2v) is 7.09. The van der Waals surface area contributed by atoms with Crippen molar-refractivity contribution in [2.45, 2.75) is 31.8 Å². The van der Waals surface area contributed by atoms with Gasteiger partial charge in [0, 0.05) is 5.02 Å². The molecule has 0 aliphatic rings. The molecule has 0 radical (unpaired) electrons. The van der Waals surface area contributed by atoms with Crippen LogP contribution in [0, 0.1) is 0 Å². The van der Waals surface area contributed by atoms with Crippen LogP contribution in [0.25, 0.3) is 11.1 Å². The van der Waals surface area contributed by atoms with Crippen molar-refractivity contribution >= 4 is 29.4 Å². The van der Waals surface area contributed by atoms with Crippen LogP contribution in [0.5, 0.6) is 0 Å². The topological polar surface area (TPSA) is 133 Å². The van der Waals surface area contributed by atoms with Gasteiger partial charge in [-0.15, -0.1) is 5.10 Å².